The van der Waals surface area contributed by atoms with E-state index in [9.17, 15) is 19.2 Å². The molecular formula is C28H33NO9S. The summed E-state index contributed by atoms with van der Waals surface area (Å²) >= 11 is 1.16. The minimum absolute atomic E-state index is 0.158. The number of carbonyl (C=O) groups excluding carboxylic acids is 4. The van der Waals surface area contributed by atoms with Gasteiger partial charge in [-0.3, -0.25) is 19.2 Å². The molecule has 0 bridgehead atoms. The monoisotopic (exact) mass is 559 g/mol. The van der Waals surface area contributed by atoms with Crippen LogP contribution in [0.2, 0.25) is 0 Å². The van der Waals surface area contributed by atoms with E-state index in [2.05, 4.69) is 0 Å². The minimum Gasteiger partial charge on any atom is -0.475 e. The lowest BCUT2D eigenvalue weighted by molar-refractivity contribution is -0.190. The molecule has 2 aromatic carbocycles. The summed E-state index contributed by atoms with van der Waals surface area (Å²) in [7, 11) is 0. The average molecular weight is 560 g/mol. The zero-order valence-corrected chi connectivity index (χ0v) is 23.3. The first-order valence-corrected chi connectivity index (χ1v) is 13.3. The van der Waals surface area contributed by atoms with Crippen LogP contribution >= 0.6 is 11.8 Å². The van der Waals surface area contributed by atoms with Gasteiger partial charge in [-0.2, -0.15) is 0 Å². The summed E-state index contributed by atoms with van der Waals surface area (Å²) in [6, 6.07) is 13.2. The van der Waals surface area contributed by atoms with E-state index >= 15 is 0 Å². The number of ether oxygens (including phenoxy) is 5. The van der Waals surface area contributed by atoms with E-state index in [4.69, 9.17) is 29.4 Å². The Labute approximate surface area is 231 Å². The van der Waals surface area contributed by atoms with Crippen LogP contribution < -0.4 is 10.5 Å². The Morgan fingerprint density at radius 3 is 1.97 bits per heavy atom. The van der Waals surface area contributed by atoms with E-state index in [0.717, 1.165) is 28.5 Å². The van der Waals surface area contributed by atoms with E-state index in [-0.39, 0.29) is 6.61 Å². The Balaban J connectivity index is 2.02. The number of aryl methyl sites for hydroxylation is 1. The highest BCUT2D eigenvalue weighted by Gasteiger charge is 2.53. The highest BCUT2D eigenvalue weighted by molar-refractivity contribution is 8.00. The van der Waals surface area contributed by atoms with Gasteiger partial charge in [0.25, 0.3) is 0 Å². The Hall–Kier alpha value is -3.73. The van der Waals surface area contributed by atoms with Crippen LogP contribution in [0.25, 0.3) is 0 Å². The first-order chi connectivity index (χ1) is 18.4. The first-order valence-electron chi connectivity index (χ1n) is 12.3. The minimum atomic E-state index is -1.22. The lowest BCUT2D eigenvalue weighted by Gasteiger charge is -2.43. The third-order valence-electron chi connectivity index (χ3n) is 5.79. The van der Waals surface area contributed by atoms with E-state index in [0.29, 0.717) is 17.9 Å². The second kappa shape index (κ2) is 13.4. The molecule has 3 rings (SSSR count). The molecule has 1 aliphatic rings. The van der Waals surface area contributed by atoms with Crippen LogP contribution in [-0.4, -0.2) is 59.5 Å². The fraction of sp³-hybridized carbons (Fsp3) is 0.429. The third-order valence-corrected chi connectivity index (χ3v) is 7.17. The molecule has 210 valence electrons. The van der Waals surface area contributed by atoms with Gasteiger partial charge in [-0.25, -0.2) is 0 Å². The maximum atomic E-state index is 12.1. The topological polar surface area (TPSA) is 140 Å². The van der Waals surface area contributed by atoms with Crippen molar-refractivity contribution in [1.82, 2.24) is 0 Å². The number of carbonyl (C=O) groups is 4. The molecule has 0 aliphatic carbocycles. The number of benzene rings is 2. The molecule has 39 heavy (non-hydrogen) atoms. The zero-order valence-electron chi connectivity index (χ0n) is 22.5. The molecule has 5 atom stereocenters. The smallest absolute Gasteiger partial charge is 0.303 e. The quantitative estimate of drug-likeness (QED) is 0.275. The van der Waals surface area contributed by atoms with E-state index in [1.54, 1.807) is 0 Å². The number of hydrogen-bond donors (Lipinski definition) is 1. The number of rotatable bonds is 9. The van der Waals surface area contributed by atoms with Gasteiger partial charge in [-0.05, 0) is 41.8 Å². The normalized spacial score (nSPS) is 22.3. The summed E-state index contributed by atoms with van der Waals surface area (Å²) in [6.07, 6.45) is -2.90. The Kier molecular flexibility index (Phi) is 10.2. The van der Waals surface area contributed by atoms with Gasteiger partial charge in [0.05, 0.1) is 5.25 Å². The highest BCUT2D eigenvalue weighted by Crippen LogP contribution is 2.40. The molecule has 1 saturated heterocycles. The molecule has 0 spiro atoms. The van der Waals surface area contributed by atoms with Gasteiger partial charge in [0, 0.05) is 39.8 Å². The van der Waals surface area contributed by atoms with Crippen LogP contribution in [0.4, 0.5) is 5.69 Å². The average Bonchev–Trinajstić information content (AvgIpc) is 2.83. The Morgan fingerprint density at radius 1 is 0.795 bits per heavy atom. The number of nitrogen functional groups attached to an aromatic ring is 1. The van der Waals surface area contributed by atoms with Crippen molar-refractivity contribution in [2.75, 3.05) is 12.3 Å². The zero-order chi connectivity index (χ0) is 28.7. The van der Waals surface area contributed by atoms with Gasteiger partial charge in [-0.1, -0.05) is 24.3 Å². The standard InChI is InChI=1S/C28H33NO9S/c1-15-6-9-21(13-20-7-10-22(29)11-8-20)23(12-15)38-28-27(37-19(5)33)26(36-18(4)32)25(35-17(3)31)24(39-28)14-34-16(2)30/h6-12,24-28H,13-14,29H2,1-5H3/t24-,25-,26+,27-,28-/m1/s1. The molecule has 11 heteroatoms. The van der Waals surface area contributed by atoms with Gasteiger partial charge in [0.1, 0.15) is 12.4 Å². The van der Waals surface area contributed by atoms with Crippen molar-refractivity contribution in [2.45, 2.75) is 70.0 Å². The molecule has 1 heterocycles. The van der Waals surface area contributed by atoms with E-state index < -0.39 is 52.9 Å². The van der Waals surface area contributed by atoms with Gasteiger partial charge in [0.15, 0.2) is 23.7 Å². The number of hydrogen-bond acceptors (Lipinski definition) is 11. The number of thioether (sulfide) groups is 1. The van der Waals surface area contributed by atoms with Crippen molar-refractivity contribution >= 4 is 41.3 Å². The second-order valence-electron chi connectivity index (χ2n) is 9.22. The molecule has 0 radical (unpaired) electrons. The van der Waals surface area contributed by atoms with Crippen LogP contribution in [-0.2, 0) is 44.5 Å². The SMILES string of the molecule is CC(=O)OC[C@H]1S[C@@H](Oc2cc(C)ccc2Cc2ccc(N)cc2)[C@H](OC(C)=O)[C@@H](OC(C)=O)[C@@H]1OC(C)=O. The predicted octanol–water partition coefficient (Wildman–Crippen LogP) is 3.35. The maximum Gasteiger partial charge on any atom is 0.303 e. The van der Waals surface area contributed by atoms with Crippen LogP contribution in [0.3, 0.4) is 0 Å². The van der Waals surface area contributed by atoms with Crippen molar-refractivity contribution in [3.8, 4) is 5.75 Å². The number of anilines is 1. The van der Waals surface area contributed by atoms with Crippen LogP contribution in [0.1, 0.15) is 44.4 Å². The second-order valence-corrected chi connectivity index (χ2v) is 10.6. The highest BCUT2D eigenvalue weighted by atomic mass is 32.2. The Morgan fingerprint density at radius 2 is 1.38 bits per heavy atom. The van der Waals surface area contributed by atoms with Crippen LogP contribution in [0.5, 0.6) is 5.75 Å². The summed E-state index contributed by atoms with van der Waals surface area (Å²) in [6.45, 7) is 6.63. The predicted molar refractivity (Wildman–Crippen MR) is 144 cm³/mol. The first kappa shape index (κ1) is 29.8. The largest absolute Gasteiger partial charge is 0.475 e. The van der Waals surface area contributed by atoms with Crippen molar-refractivity contribution in [3.05, 3.63) is 59.2 Å². The van der Waals surface area contributed by atoms with Crippen LogP contribution in [0.15, 0.2) is 42.5 Å². The van der Waals surface area contributed by atoms with Gasteiger partial charge in [-0.15, -0.1) is 11.8 Å². The molecule has 0 unspecified atom stereocenters. The molecule has 2 aromatic rings. The lowest BCUT2D eigenvalue weighted by Crippen LogP contribution is -2.59. The third kappa shape index (κ3) is 8.64. The van der Waals surface area contributed by atoms with Gasteiger partial charge in [0.2, 0.25) is 0 Å². The fourth-order valence-corrected chi connectivity index (χ4v) is 5.56. The lowest BCUT2D eigenvalue weighted by atomic mass is 10.0. The summed E-state index contributed by atoms with van der Waals surface area (Å²) in [4.78, 5) is 47.8. The molecule has 0 aromatic heterocycles. The molecule has 10 nitrogen and oxygen atoms in total. The van der Waals surface area contributed by atoms with Crippen molar-refractivity contribution in [2.24, 2.45) is 0 Å². The fourth-order valence-electron chi connectivity index (χ4n) is 4.18. The van der Waals surface area contributed by atoms with Crippen LogP contribution in [0, 0.1) is 6.92 Å². The van der Waals surface area contributed by atoms with E-state index in [1.165, 1.54) is 27.7 Å². The summed E-state index contributed by atoms with van der Waals surface area (Å²) in [5.41, 5.74) is 8.37. The molecule has 0 saturated carbocycles. The Bertz CT molecular complexity index is 1200. The molecular weight excluding hydrogens is 526 g/mol. The molecule has 1 fully saturated rings. The molecule has 0 amide bonds. The number of nitrogens with two attached hydrogens (primary N) is 1. The molecule has 1 aliphatic heterocycles. The van der Waals surface area contributed by atoms with Crippen molar-refractivity contribution < 1.29 is 42.9 Å². The van der Waals surface area contributed by atoms with Gasteiger partial charge >= 0.3 is 23.9 Å². The van der Waals surface area contributed by atoms with Crippen molar-refractivity contribution in [3.63, 3.8) is 0 Å². The van der Waals surface area contributed by atoms with Crippen molar-refractivity contribution in [1.29, 1.82) is 0 Å². The number of esters is 4. The summed E-state index contributed by atoms with van der Waals surface area (Å²) < 4.78 is 28.3. The van der Waals surface area contributed by atoms with Gasteiger partial charge < -0.3 is 29.4 Å². The molecule has 2 N–H and O–H groups in total. The van der Waals surface area contributed by atoms with E-state index in [1.807, 2.05) is 49.4 Å². The maximum absolute atomic E-state index is 12.1. The summed E-state index contributed by atoms with van der Waals surface area (Å²) in [5, 5.41) is -0.690. The summed E-state index contributed by atoms with van der Waals surface area (Å²) in [5.74, 6) is -1.97.